The number of aliphatic imine (C=N–C) groups is 1. The number of nitrogens with zero attached hydrogens (tertiary/aromatic N) is 2. The Bertz CT molecular complexity index is 608. The lowest BCUT2D eigenvalue weighted by molar-refractivity contribution is 0.197. The molecule has 1 saturated carbocycles. The van der Waals surface area contributed by atoms with E-state index in [2.05, 4.69) is 22.5 Å². The Morgan fingerprint density at radius 2 is 2.04 bits per heavy atom. The molecular weight excluding hydrogens is 328 g/mol. The first-order chi connectivity index (χ1) is 12.7. The zero-order valence-electron chi connectivity index (χ0n) is 16.0. The van der Waals surface area contributed by atoms with Crippen molar-refractivity contribution in [3.63, 3.8) is 0 Å². The van der Waals surface area contributed by atoms with E-state index in [0.717, 1.165) is 30.5 Å². The van der Waals surface area contributed by atoms with Crippen molar-refractivity contribution in [1.82, 2.24) is 15.5 Å². The van der Waals surface area contributed by atoms with Gasteiger partial charge < -0.3 is 25.4 Å². The highest BCUT2D eigenvalue weighted by molar-refractivity contribution is 5.80. The van der Waals surface area contributed by atoms with Crippen LogP contribution in [0.2, 0.25) is 0 Å². The van der Waals surface area contributed by atoms with E-state index in [1.165, 1.54) is 38.8 Å². The molecule has 2 fully saturated rings. The molecule has 0 spiro atoms. The lowest BCUT2D eigenvalue weighted by Crippen LogP contribution is -2.49. The molecular formula is C20H32N4O2. The summed E-state index contributed by atoms with van der Waals surface area (Å²) in [5.74, 6) is 1.59. The van der Waals surface area contributed by atoms with E-state index in [9.17, 15) is 5.11 Å². The molecule has 3 N–H and O–H groups in total. The van der Waals surface area contributed by atoms with E-state index >= 15 is 0 Å². The highest BCUT2D eigenvalue weighted by Gasteiger charge is 2.31. The number of hydrogen-bond donors (Lipinski definition) is 3. The number of hydrogen-bond acceptors (Lipinski definition) is 4. The Balaban J connectivity index is 1.49. The van der Waals surface area contributed by atoms with E-state index in [1.807, 2.05) is 12.1 Å². The van der Waals surface area contributed by atoms with Gasteiger partial charge in [0.05, 0.1) is 7.11 Å². The minimum atomic E-state index is 0.173. The van der Waals surface area contributed by atoms with Crippen molar-refractivity contribution >= 4 is 5.96 Å². The van der Waals surface area contributed by atoms with Gasteiger partial charge in [0.2, 0.25) is 0 Å². The zero-order chi connectivity index (χ0) is 18.4. The number of rotatable bonds is 7. The van der Waals surface area contributed by atoms with Gasteiger partial charge in [0.25, 0.3) is 0 Å². The second-order valence-corrected chi connectivity index (χ2v) is 7.20. The van der Waals surface area contributed by atoms with Gasteiger partial charge in [-0.05, 0) is 56.7 Å². The molecule has 0 radical (unpaired) electrons. The number of likely N-dealkylation sites (tertiary alicyclic amines) is 1. The number of guanidine groups is 1. The number of nitrogens with one attached hydrogen (secondary N) is 2. The summed E-state index contributed by atoms with van der Waals surface area (Å²) in [5, 5.41) is 16.6. The third-order valence-corrected chi connectivity index (χ3v) is 5.19. The largest absolute Gasteiger partial charge is 0.504 e. The smallest absolute Gasteiger partial charge is 0.191 e. The third-order valence-electron chi connectivity index (χ3n) is 5.19. The van der Waals surface area contributed by atoms with Gasteiger partial charge in [-0.2, -0.15) is 0 Å². The number of aromatic hydroxyl groups is 1. The molecule has 3 rings (SSSR count). The minimum absolute atomic E-state index is 0.173. The Hall–Kier alpha value is -1.95. The molecule has 2 aliphatic rings. The van der Waals surface area contributed by atoms with Crippen molar-refractivity contribution in [3.8, 4) is 11.5 Å². The van der Waals surface area contributed by atoms with Crippen LogP contribution in [0.15, 0.2) is 23.2 Å². The fraction of sp³-hybridized carbons (Fsp3) is 0.650. The van der Waals surface area contributed by atoms with Crippen molar-refractivity contribution < 1.29 is 9.84 Å². The molecule has 0 amide bonds. The molecule has 1 aliphatic heterocycles. The molecule has 0 atom stereocenters. The lowest BCUT2D eigenvalue weighted by atomic mass is 10.1. The van der Waals surface area contributed by atoms with Crippen molar-refractivity contribution in [2.45, 2.75) is 51.1 Å². The fourth-order valence-electron chi connectivity index (χ4n) is 3.54. The molecule has 6 nitrogen and oxygen atoms in total. The number of phenolic OH excluding ortho intramolecular Hbond substituents is 1. The maximum absolute atomic E-state index is 9.68. The number of piperidine rings is 1. The van der Waals surface area contributed by atoms with Gasteiger partial charge in [-0.3, -0.25) is 4.99 Å². The molecule has 0 bridgehead atoms. The summed E-state index contributed by atoms with van der Waals surface area (Å²) in [4.78, 5) is 7.36. The third kappa shape index (κ3) is 5.27. The van der Waals surface area contributed by atoms with Gasteiger partial charge in [-0.25, -0.2) is 0 Å². The van der Waals surface area contributed by atoms with E-state index in [0.29, 0.717) is 18.3 Å². The van der Waals surface area contributed by atoms with Crippen molar-refractivity contribution in [2.24, 2.45) is 4.99 Å². The van der Waals surface area contributed by atoms with Crippen LogP contribution in [-0.2, 0) is 6.42 Å². The monoisotopic (exact) mass is 360 g/mol. The van der Waals surface area contributed by atoms with Gasteiger partial charge in [0.15, 0.2) is 17.5 Å². The van der Waals surface area contributed by atoms with Crippen LogP contribution in [-0.4, -0.2) is 61.3 Å². The first kappa shape index (κ1) is 18.8. The summed E-state index contributed by atoms with van der Waals surface area (Å²) < 4.78 is 5.17. The predicted octanol–water partition coefficient (Wildman–Crippen LogP) is 2.13. The van der Waals surface area contributed by atoms with Crippen LogP contribution in [0, 0.1) is 0 Å². The van der Waals surface area contributed by atoms with Gasteiger partial charge >= 0.3 is 0 Å². The van der Waals surface area contributed by atoms with Crippen LogP contribution < -0.4 is 15.4 Å². The number of benzene rings is 1. The summed E-state index contributed by atoms with van der Waals surface area (Å²) in [6.07, 6.45) is 5.98. The molecule has 26 heavy (non-hydrogen) atoms. The standard InChI is InChI=1S/C20H32N4O2/c1-3-21-20(23-16-9-12-24(13-10-16)17-5-6-17)22-11-8-15-4-7-18(25)19(14-15)26-2/h4,7,14,16-17,25H,3,5-6,8-13H2,1-2H3,(H2,21,22,23). The second-order valence-electron chi connectivity index (χ2n) is 7.20. The molecule has 1 saturated heterocycles. The van der Waals surface area contributed by atoms with Crippen molar-refractivity contribution in [1.29, 1.82) is 0 Å². The SMILES string of the molecule is CCNC(=NCCc1ccc(O)c(OC)c1)NC1CCN(C2CC2)CC1. The van der Waals surface area contributed by atoms with Crippen molar-refractivity contribution in [3.05, 3.63) is 23.8 Å². The molecule has 0 aromatic heterocycles. The van der Waals surface area contributed by atoms with E-state index in [-0.39, 0.29) is 5.75 Å². The molecule has 1 aliphatic carbocycles. The van der Waals surface area contributed by atoms with Crippen LogP contribution in [0.1, 0.15) is 38.2 Å². The molecule has 1 aromatic rings. The van der Waals surface area contributed by atoms with Crippen molar-refractivity contribution in [2.75, 3.05) is 33.3 Å². The first-order valence-electron chi connectivity index (χ1n) is 9.84. The van der Waals surface area contributed by atoms with Crippen LogP contribution in [0.25, 0.3) is 0 Å². The highest BCUT2D eigenvalue weighted by Crippen LogP contribution is 2.29. The Morgan fingerprint density at radius 3 is 2.69 bits per heavy atom. The molecule has 144 valence electrons. The maximum Gasteiger partial charge on any atom is 0.191 e. The Labute approximate surface area is 156 Å². The van der Waals surface area contributed by atoms with Crippen LogP contribution in [0.4, 0.5) is 0 Å². The minimum Gasteiger partial charge on any atom is -0.504 e. The Kier molecular flexibility index (Phi) is 6.61. The molecule has 1 aromatic carbocycles. The summed E-state index contributed by atoms with van der Waals surface area (Å²) >= 11 is 0. The highest BCUT2D eigenvalue weighted by atomic mass is 16.5. The van der Waals surface area contributed by atoms with Gasteiger partial charge in [0.1, 0.15) is 0 Å². The number of phenols is 1. The van der Waals surface area contributed by atoms with Gasteiger partial charge in [0, 0.05) is 38.3 Å². The average Bonchev–Trinajstić information content (AvgIpc) is 3.49. The van der Waals surface area contributed by atoms with E-state index < -0.39 is 0 Å². The predicted molar refractivity (Wildman–Crippen MR) is 105 cm³/mol. The van der Waals surface area contributed by atoms with Crippen LogP contribution in [0.5, 0.6) is 11.5 Å². The summed E-state index contributed by atoms with van der Waals surface area (Å²) in [6, 6.07) is 6.85. The second kappa shape index (κ2) is 9.12. The van der Waals surface area contributed by atoms with Gasteiger partial charge in [-0.1, -0.05) is 6.07 Å². The molecule has 6 heteroatoms. The lowest BCUT2D eigenvalue weighted by Gasteiger charge is -2.33. The molecule has 1 heterocycles. The quantitative estimate of drug-likeness (QED) is 0.513. The fourth-order valence-corrected chi connectivity index (χ4v) is 3.54. The van der Waals surface area contributed by atoms with E-state index in [1.54, 1.807) is 13.2 Å². The van der Waals surface area contributed by atoms with Gasteiger partial charge in [-0.15, -0.1) is 0 Å². The number of ether oxygens (including phenoxy) is 1. The topological polar surface area (TPSA) is 69.1 Å². The van der Waals surface area contributed by atoms with Crippen LogP contribution in [0.3, 0.4) is 0 Å². The number of methoxy groups -OCH3 is 1. The maximum atomic E-state index is 9.68. The molecule has 0 unspecified atom stereocenters. The van der Waals surface area contributed by atoms with Crippen LogP contribution >= 0.6 is 0 Å². The zero-order valence-corrected chi connectivity index (χ0v) is 16.0. The average molecular weight is 361 g/mol. The Morgan fingerprint density at radius 1 is 1.27 bits per heavy atom. The summed E-state index contributed by atoms with van der Waals surface area (Å²) in [5.41, 5.74) is 1.11. The normalized spacial score (nSPS) is 19.4. The summed E-state index contributed by atoms with van der Waals surface area (Å²) in [7, 11) is 1.57. The van der Waals surface area contributed by atoms with E-state index in [4.69, 9.17) is 9.73 Å². The first-order valence-corrected chi connectivity index (χ1v) is 9.84. The summed E-state index contributed by atoms with van der Waals surface area (Å²) in [6.45, 7) is 6.06.